The molecule has 0 heterocycles. The van der Waals surface area contributed by atoms with Gasteiger partial charge in [-0.05, 0) is 24.5 Å². The van der Waals surface area contributed by atoms with Gasteiger partial charge in [0, 0.05) is 5.69 Å². The molecule has 0 saturated heterocycles. The van der Waals surface area contributed by atoms with E-state index < -0.39 is 0 Å². The van der Waals surface area contributed by atoms with Gasteiger partial charge in [0.05, 0.1) is 6.54 Å². The zero-order valence-corrected chi connectivity index (χ0v) is 9.86. The molecule has 0 aliphatic heterocycles. The summed E-state index contributed by atoms with van der Waals surface area (Å²) in [7, 11) is 0. The topological polar surface area (TPSA) is 55.1 Å². The minimum atomic E-state index is -0.144. The summed E-state index contributed by atoms with van der Waals surface area (Å²) < 4.78 is 0. The van der Waals surface area contributed by atoms with Crippen LogP contribution in [0.15, 0.2) is 18.2 Å². The van der Waals surface area contributed by atoms with Crippen LogP contribution in [0.3, 0.4) is 0 Å². The highest BCUT2D eigenvalue weighted by atomic mass is 35.5. The Hall–Kier alpha value is -1.06. The van der Waals surface area contributed by atoms with Crippen LogP contribution in [-0.2, 0) is 11.2 Å². The zero-order valence-electron chi connectivity index (χ0n) is 9.04. The highest BCUT2D eigenvalue weighted by Gasteiger charge is 2.06. The fraction of sp³-hybridized carbons (Fsp3) is 0.364. The molecule has 0 aliphatic carbocycles. The Kier molecular flexibility index (Phi) is 5.97. The lowest BCUT2D eigenvalue weighted by molar-refractivity contribution is -0.114. The second-order valence-electron chi connectivity index (χ2n) is 3.21. The molecule has 0 unspecified atom stereocenters. The van der Waals surface area contributed by atoms with Crippen LogP contribution in [0.1, 0.15) is 18.1 Å². The smallest absolute Gasteiger partial charge is 0.238 e. The Morgan fingerprint density at radius 1 is 1.47 bits per heavy atom. The molecule has 0 aromatic heterocycles. The number of nitrogens with one attached hydrogen (secondary N) is 1. The lowest BCUT2D eigenvalue weighted by atomic mass is 10.1. The van der Waals surface area contributed by atoms with Crippen LogP contribution in [0.4, 0.5) is 5.69 Å². The summed E-state index contributed by atoms with van der Waals surface area (Å²) in [5, 5.41) is 2.82. The molecule has 0 radical (unpaired) electrons. The maximum Gasteiger partial charge on any atom is 0.238 e. The number of halogens is 1. The predicted octanol–water partition coefficient (Wildman–Crippen LogP) is 1.88. The molecular formula is C11H17ClN2O. The molecule has 1 aromatic carbocycles. The standard InChI is InChI=1S/C11H16N2O.ClH/c1-3-9-6-4-5-8(2)11(9)13-10(14)7-12;/h4-6H,3,7,12H2,1-2H3,(H,13,14);1H. The second-order valence-corrected chi connectivity index (χ2v) is 3.21. The SMILES string of the molecule is CCc1cccc(C)c1NC(=O)CN.Cl. The summed E-state index contributed by atoms with van der Waals surface area (Å²) in [4.78, 5) is 11.2. The molecular weight excluding hydrogens is 212 g/mol. The van der Waals surface area contributed by atoms with E-state index in [1.54, 1.807) is 0 Å². The zero-order chi connectivity index (χ0) is 10.6. The first-order valence-electron chi connectivity index (χ1n) is 4.77. The average molecular weight is 229 g/mol. The van der Waals surface area contributed by atoms with Crippen LogP contribution in [0.2, 0.25) is 0 Å². The maximum absolute atomic E-state index is 11.2. The van der Waals surface area contributed by atoms with Crippen LogP contribution >= 0.6 is 12.4 Å². The third-order valence-corrected chi connectivity index (χ3v) is 2.19. The molecule has 15 heavy (non-hydrogen) atoms. The summed E-state index contributed by atoms with van der Waals surface area (Å²) in [6.07, 6.45) is 0.905. The van der Waals surface area contributed by atoms with E-state index in [4.69, 9.17) is 5.73 Å². The van der Waals surface area contributed by atoms with Gasteiger partial charge in [-0.1, -0.05) is 25.1 Å². The Morgan fingerprint density at radius 2 is 2.13 bits per heavy atom. The molecule has 3 nitrogen and oxygen atoms in total. The van der Waals surface area contributed by atoms with Crippen molar-refractivity contribution in [1.29, 1.82) is 0 Å². The number of amides is 1. The van der Waals surface area contributed by atoms with Gasteiger partial charge in [0.1, 0.15) is 0 Å². The van der Waals surface area contributed by atoms with E-state index in [0.29, 0.717) is 0 Å². The summed E-state index contributed by atoms with van der Waals surface area (Å²) in [6.45, 7) is 4.07. The van der Waals surface area contributed by atoms with E-state index in [1.165, 1.54) is 0 Å². The molecule has 1 aromatic rings. The number of rotatable bonds is 3. The minimum Gasteiger partial charge on any atom is -0.324 e. The molecule has 1 rings (SSSR count). The van der Waals surface area contributed by atoms with Crippen molar-refractivity contribution in [1.82, 2.24) is 0 Å². The lowest BCUT2D eigenvalue weighted by Gasteiger charge is -2.11. The van der Waals surface area contributed by atoms with Crippen molar-refractivity contribution in [3.05, 3.63) is 29.3 Å². The molecule has 0 spiro atoms. The highest BCUT2D eigenvalue weighted by molar-refractivity contribution is 5.93. The molecule has 0 aliphatic rings. The number of hydrogen-bond donors (Lipinski definition) is 2. The van der Waals surface area contributed by atoms with Gasteiger partial charge < -0.3 is 11.1 Å². The van der Waals surface area contributed by atoms with Crippen molar-refractivity contribution in [2.24, 2.45) is 5.73 Å². The van der Waals surface area contributed by atoms with Gasteiger partial charge in [-0.3, -0.25) is 4.79 Å². The summed E-state index contributed by atoms with van der Waals surface area (Å²) in [5.74, 6) is -0.144. The summed E-state index contributed by atoms with van der Waals surface area (Å²) >= 11 is 0. The van der Waals surface area contributed by atoms with Crippen molar-refractivity contribution in [3.63, 3.8) is 0 Å². The van der Waals surface area contributed by atoms with Gasteiger partial charge in [0.15, 0.2) is 0 Å². The lowest BCUT2D eigenvalue weighted by Crippen LogP contribution is -2.23. The Bertz CT molecular complexity index is 339. The molecule has 0 atom stereocenters. The number of nitrogens with two attached hydrogens (primary N) is 1. The number of hydrogen-bond acceptors (Lipinski definition) is 2. The van der Waals surface area contributed by atoms with Crippen LogP contribution in [0.5, 0.6) is 0 Å². The average Bonchev–Trinajstić information content (AvgIpc) is 2.20. The number of benzene rings is 1. The Labute approximate surface area is 96.5 Å². The second kappa shape index (κ2) is 6.43. The van der Waals surface area contributed by atoms with Gasteiger partial charge in [-0.15, -0.1) is 12.4 Å². The number of para-hydroxylation sites is 1. The van der Waals surface area contributed by atoms with Crippen molar-refractivity contribution in [2.75, 3.05) is 11.9 Å². The van der Waals surface area contributed by atoms with Crippen molar-refractivity contribution in [3.8, 4) is 0 Å². The van der Waals surface area contributed by atoms with E-state index in [9.17, 15) is 4.79 Å². The molecule has 0 bridgehead atoms. The van der Waals surface area contributed by atoms with E-state index in [1.807, 2.05) is 25.1 Å². The third kappa shape index (κ3) is 3.53. The van der Waals surface area contributed by atoms with E-state index in [2.05, 4.69) is 12.2 Å². The van der Waals surface area contributed by atoms with E-state index >= 15 is 0 Å². The maximum atomic E-state index is 11.2. The molecule has 0 fully saturated rings. The predicted molar refractivity (Wildman–Crippen MR) is 65.5 cm³/mol. The summed E-state index contributed by atoms with van der Waals surface area (Å²) in [5.41, 5.74) is 8.38. The first-order chi connectivity index (χ1) is 6.69. The fourth-order valence-electron chi connectivity index (χ4n) is 1.39. The van der Waals surface area contributed by atoms with Gasteiger partial charge in [0.25, 0.3) is 0 Å². The van der Waals surface area contributed by atoms with Gasteiger partial charge >= 0.3 is 0 Å². The monoisotopic (exact) mass is 228 g/mol. The van der Waals surface area contributed by atoms with Crippen molar-refractivity contribution < 1.29 is 4.79 Å². The molecule has 0 saturated carbocycles. The largest absolute Gasteiger partial charge is 0.324 e. The van der Waals surface area contributed by atoms with Crippen LogP contribution in [-0.4, -0.2) is 12.5 Å². The highest BCUT2D eigenvalue weighted by Crippen LogP contribution is 2.20. The van der Waals surface area contributed by atoms with E-state index in [0.717, 1.165) is 23.2 Å². The van der Waals surface area contributed by atoms with E-state index in [-0.39, 0.29) is 24.9 Å². The fourth-order valence-corrected chi connectivity index (χ4v) is 1.39. The molecule has 3 N–H and O–H groups in total. The number of anilines is 1. The molecule has 1 amide bonds. The Balaban J connectivity index is 0.00000196. The van der Waals surface area contributed by atoms with Gasteiger partial charge in [-0.25, -0.2) is 0 Å². The third-order valence-electron chi connectivity index (χ3n) is 2.19. The normalized spacial score (nSPS) is 9.27. The van der Waals surface area contributed by atoms with Crippen LogP contribution in [0.25, 0.3) is 0 Å². The quantitative estimate of drug-likeness (QED) is 0.830. The van der Waals surface area contributed by atoms with Crippen molar-refractivity contribution >= 4 is 24.0 Å². The minimum absolute atomic E-state index is 0. The van der Waals surface area contributed by atoms with Gasteiger partial charge in [0.2, 0.25) is 5.91 Å². The first-order valence-corrected chi connectivity index (χ1v) is 4.77. The molecule has 4 heteroatoms. The van der Waals surface area contributed by atoms with Gasteiger partial charge in [-0.2, -0.15) is 0 Å². The number of carbonyl (C=O) groups excluding carboxylic acids is 1. The van der Waals surface area contributed by atoms with Crippen molar-refractivity contribution in [2.45, 2.75) is 20.3 Å². The van der Waals surface area contributed by atoms with Crippen LogP contribution in [0, 0.1) is 6.92 Å². The summed E-state index contributed by atoms with van der Waals surface area (Å²) in [6, 6.07) is 5.98. The van der Waals surface area contributed by atoms with Crippen LogP contribution < -0.4 is 11.1 Å². The first kappa shape index (κ1) is 13.9. The molecule has 84 valence electrons. The number of carbonyl (C=O) groups is 1. The number of aryl methyl sites for hydroxylation is 2. The Morgan fingerprint density at radius 3 is 2.67 bits per heavy atom.